The van der Waals surface area contributed by atoms with Crippen molar-refractivity contribution in [1.29, 1.82) is 0 Å². The summed E-state index contributed by atoms with van der Waals surface area (Å²) in [6, 6.07) is 5.61. The lowest BCUT2D eigenvalue weighted by Gasteiger charge is -2.22. The summed E-state index contributed by atoms with van der Waals surface area (Å²) in [7, 11) is 0. The van der Waals surface area contributed by atoms with Gasteiger partial charge in [-0.15, -0.1) is 0 Å². The zero-order valence-corrected chi connectivity index (χ0v) is 11.4. The fourth-order valence-corrected chi connectivity index (χ4v) is 2.46. The molecule has 0 radical (unpaired) electrons. The molecule has 17 heavy (non-hydrogen) atoms. The van der Waals surface area contributed by atoms with Crippen molar-refractivity contribution < 1.29 is 9.84 Å². The molecule has 1 heterocycles. The molecule has 1 saturated heterocycles. The average molecular weight is 300 g/mol. The van der Waals surface area contributed by atoms with E-state index in [1.54, 1.807) is 6.07 Å². The summed E-state index contributed by atoms with van der Waals surface area (Å²) in [6.07, 6.45) is 2.32. The monoisotopic (exact) mass is 299 g/mol. The van der Waals surface area contributed by atoms with Crippen molar-refractivity contribution in [2.45, 2.75) is 19.4 Å². The minimum Gasteiger partial charge on any atom is -0.507 e. The first-order valence-electron chi connectivity index (χ1n) is 6.01. The molecule has 2 rings (SSSR count). The van der Waals surface area contributed by atoms with Crippen LogP contribution in [0.2, 0.25) is 0 Å². The van der Waals surface area contributed by atoms with Crippen LogP contribution in [0.1, 0.15) is 18.4 Å². The van der Waals surface area contributed by atoms with Gasteiger partial charge in [-0.25, -0.2) is 0 Å². The number of aromatic hydroxyl groups is 1. The summed E-state index contributed by atoms with van der Waals surface area (Å²) < 4.78 is 6.08. The molecule has 0 amide bonds. The molecule has 0 aliphatic carbocycles. The third-order valence-electron chi connectivity index (χ3n) is 3.12. The maximum absolute atomic E-state index is 9.39. The third kappa shape index (κ3) is 3.98. The molecular formula is C13H18BrNO2. The topological polar surface area (TPSA) is 41.5 Å². The third-order valence-corrected chi connectivity index (χ3v) is 3.75. The van der Waals surface area contributed by atoms with Gasteiger partial charge < -0.3 is 15.2 Å². The second-order valence-corrected chi connectivity index (χ2v) is 5.33. The fourth-order valence-electron chi connectivity index (χ4n) is 2.03. The smallest absolute Gasteiger partial charge is 0.129 e. The van der Waals surface area contributed by atoms with Crippen LogP contribution in [-0.4, -0.2) is 24.9 Å². The summed E-state index contributed by atoms with van der Waals surface area (Å²) in [5.74, 6) is 1.03. The number of rotatable bonds is 4. The lowest BCUT2D eigenvalue weighted by molar-refractivity contribution is 0.0662. The van der Waals surface area contributed by atoms with Crippen LogP contribution in [0.15, 0.2) is 22.7 Å². The van der Waals surface area contributed by atoms with E-state index in [1.165, 1.54) is 5.56 Å². The molecule has 1 aliphatic rings. The van der Waals surface area contributed by atoms with Crippen LogP contribution < -0.4 is 5.32 Å². The van der Waals surface area contributed by atoms with E-state index >= 15 is 0 Å². The Labute approximate surface area is 110 Å². The summed E-state index contributed by atoms with van der Waals surface area (Å²) in [5.41, 5.74) is 1.18. The van der Waals surface area contributed by atoms with E-state index in [2.05, 4.69) is 21.2 Å². The van der Waals surface area contributed by atoms with E-state index in [0.717, 1.165) is 49.5 Å². The van der Waals surface area contributed by atoms with Crippen molar-refractivity contribution in [3.63, 3.8) is 0 Å². The van der Waals surface area contributed by atoms with Gasteiger partial charge in [-0.1, -0.05) is 6.07 Å². The molecule has 0 atom stereocenters. The van der Waals surface area contributed by atoms with Crippen LogP contribution in [0.25, 0.3) is 0 Å². The van der Waals surface area contributed by atoms with Gasteiger partial charge in [0.15, 0.2) is 0 Å². The zero-order valence-electron chi connectivity index (χ0n) is 9.79. The Morgan fingerprint density at radius 3 is 2.82 bits per heavy atom. The van der Waals surface area contributed by atoms with Crippen molar-refractivity contribution in [2.75, 3.05) is 19.8 Å². The minimum absolute atomic E-state index is 0.290. The fraction of sp³-hybridized carbons (Fsp3) is 0.538. The van der Waals surface area contributed by atoms with E-state index < -0.39 is 0 Å². The van der Waals surface area contributed by atoms with Crippen LogP contribution in [0.5, 0.6) is 5.75 Å². The normalized spacial score (nSPS) is 17.2. The van der Waals surface area contributed by atoms with E-state index in [4.69, 9.17) is 4.74 Å². The highest BCUT2D eigenvalue weighted by Crippen LogP contribution is 2.24. The van der Waals surface area contributed by atoms with Crippen molar-refractivity contribution in [2.24, 2.45) is 5.92 Å². The molecule has 94 valence electrons. The maximum Gasteiger partial charge on any atom is 0.129 e. The number of hydrogen-bond donors (Lipinski definition) is 2. The molecule has 0 aromatic heterocycles. The Bertz CT molecular complexity index is 364. The second-order valence-electron chi connectivity index (χ2n) is 4.47. The van der Waals surface area contributed by atoms with Crippen LogP contribution in [0.3, 0.4) is 0 Å². The maximum atomic E-state index is 9.39. The number of hydrogen-bond acceptors (Lipinski definition) is 3. The van der Waals surface area contributed by atoms with Gasteiger partial charge >= 0.3 is 0 Å². The summed E-state index contributed by atoms with van der Waals surface area (Å²) in [5, 5.41) is 12.9. The number of nitrogens with one attached hydrogen (secondary N) is 1. The van der Waals surface area contributed by atoms with Crippen molar-refractivity contribution in [3.8, 4) is 5.75 Å². The number of phenolic OH excluding ortho intramolecular Hbond substituents is 1. The SMILES string of the molecule is Oc1ccc(CNCC2CCOCC2)cc1Br. The van der Waals surface area contributed by atoms with Gasteiger partial charge in [-0.3, -0.25) is 0 Å². The Morgan fingerprint density at radius 1 is 1.35 bits per heavy atom. The Kier molecular flexibility index (Phi) is 4.83. The van der Waals surface area contributed by atoms with Crippen LogP contribution in [0, 0.1) is 5.92 Å². The van der Waals surface area contributed by atoms with Crippen molar-refractivity contribution >= 4 is 15.9 Å². The highest BCUT2D eigenvalue weighted by Gasteiger charge is 2.12. The van der Waals surface area contributed by atoms with Gasteiger partial charge in [0.05, 0.1) is 4.47 Å². The van der Waals surface area contributed by atoms with Crippen molar-refractivity contribution in [3.05, 3.63) is 28.2 Å². The largest absolute Gasteiger partial charge is 0.507 e. The van der Waals surface area contributed by atoms with Crippen LogP contribution in [0.4, 0.5) is 0 Å². The molecule has 0 spiro atoms. The van der Waals surface area contributed by atoms with Gasteiger partial charge in [0.1, 0.15) is 5.75 Å². The lowest BCUT2D eigenvalue weighted by Crippen LogP contribution is -2.27. The molecule has 0 bridgehead atoms. The molecule has 1 aliphatic heterocycles. The summed E-state index contributed by atoms with van der Waals surface area (Å²) >= 11 is 3.32. The molecule has 3 nitrogen and oxygen atoms in total. The Morgan fingerprint density at radius 2 is 2.12 bits per heavy atom. The molecule has 2 N–H and O–H groups in total. The highest BCUT2D eigenvalue weighted by atomic mass is 79.9. The first kappa shape index (κ1) is 12.9. The number of benzene rings is 1. The Hall–Kier alpha value is -0.580. The average Bonchev–Trinajstić information content (AvgIpc) is 2.35. The molecular weight excluding hydrogens is 282 g/mol. The van der Waals surface area contributed by atoms with Gasteiger partial charge in [0.25, 0.3) is 0 Å². The predicted molar refractivity (Wildman–Crippen MR) is 71.1 cm³/mol. The Balaban J connectivity index is 1.75. The van der Waals surface area contributed by atoms with E-state index in [-0.39, 0.29) is 5.75 Å². The molecule has 1 aromatic rings. The van der Waals surface area contributed by atoms with Gasteiger partial charge in [-0.05, 0) is 58.9 Å². The van der Waals surface area contributed by atoms with E-state index in [1.807, 2.05) is 12.1 Å². The quantitative estimate of drug-likeness (QED) is 0.898. The first-order valence-corrected chi connectivity index (χ1v) is 6.81. The van der Waals surface area contributed by atoms with Crippen LogP contribution in [-0.2, 0) is 11.3 Å². The highest BCUT2D eigenvalue weighted by molar-refractivity contribution is 9.10. The predicted octanol–water partition coefficient (Wildman–Crippen LogP) is 2.67. The standard InChI is InChI=1S/C13H18BrNO2/c14-12-7-11(1-2-13(12)16)9-15-8-10-3-5-17-6-4-10/h1-2,7,10,15-16H,3-6,8-9H2. The number of phenols is 1. The lowest BCUT2D eigenvalue weighted by atomic mass is 10.0. The number of halogens is 1. The second kappa shape index (κ2) is 6.38. The number of ether oxygens (including phenoxy) is 1. The molecule has 1 fully saturated rings. The van der Waals surface area contributed by atoms with E-state index in [0.29, 0.717) is 0 Å². The zero-order chi connectivity index (χ0) is 12.1. The van der Waals surface area contributed by atoms with Crippen LogP contribution >= 0.6 is 15.9 Å². The minimum atomic E-state index is 0.290. The summed E-state index contributed by atoms with van der Waals surface area (Å²) in [4.78, 5) is 0. The van der Waals surface area contributed by atoms with E-state index in [9.17, 15) is 5.11 Å². The molecule has 1 aromatic carbocycles. The molecule has 0 unspecified atom stereocenters. The first-order chi connectivity index (χ1) is 8.25. The summed E-state index contributed by atoms with van der Waals surface area (Å²) in [6.45, 7) is 3.69. The van der Waals surface area contributed by atoms with Gasteiger partial charge in [0.2, 0.25) is 0 Å². The molecule has 4 heteroatoms. The van der Waals surface area contributed by atoms with Gasteiger partial charge in [-0.2, -0.15) is 0 Å². The van der Waals surface area contributed by atoms with Crippen molar-refractivity contribution in [1.82, 2.24) is 5.32 Å². The molecule has 0 saturated carbocycles. The van der Waals surface area contributed by atoms with Gasteiger partial charge in [0, 0.05) is 19.8 Å².